The highest BCUT2D eigenvalue weighted by Gasteiger charge is 2.59. The molecule has 2 rings (SSSR count). The van der Waals surface area contributed by atoms with Gasteiger partial charge in [-0.2, -0.15) is 0 Å². The number of ether oxygens (including phenoxy) is 3. The zero-order valence-corrected chi connectivity index (χ0v) is 10.5. The molecule has 1 saturated carbocycles. The molecule has 1 unspecified atom stereocenters. The van der Waals surface area contributed by atoms with Gasteiger partial charge in [0.25, 0.3) is 0 Å². The Morgan fingerprint density at radius 3 is 2.50 bits per heavy atom. The zero-order valence-electron chi connectivity index (χ0n) is 10.5. The lowest BCUT2D eigenvalue weighted by Crippen LogP contribution is -2.50. The van der Waals surface area contributed by atoms with Crippen LogP contribution in [0.4, 0.5) is 0 Å². The molecule has 102 valence electrons. The Morgan fingerprint density at radius 2 is 2.00 bits per heavy atom. The van der Waals surface area contributed by atoms with Crippen LogP contribution in [0.5, 0.6) is 0 Å². The summed E-state index contributed by atoms with van der Waals surface area (Å²) in [6.07, 6.45) is 0.312. The van der Waals surface area contributed by atoms with Gasteiger partial charge in [0, 0.05) is 25.7 Å². The van der Waals surface area contributed by atoms with E-state index in [9.17, 15) is 14.7 Å². The van der Waals surface area contributed by atoms with Crippen LogP contribution in [0, 0.1) is 5.41 Å². The van der Waals surface area contributed by atoms with Gasteiger partial charge in [0.1, 0.15) is 18.8 Å². The molecule has 0 aromatic carbocycles. The Kier molecular flexibility index (Phi) is 3.59. The molecule has 1 spiro atoms. The molecule has 1 aliphatic heterocycles. The summed E-state index contributed by atoms with van der Waals surface area (Å²) >= 11 is 0. The zero-order chi connectivity index (χ0) is 13.3. The molecule has 1 aliphatic carbocycles. The number of hydrogen-bond donors (Lipinski definition) is 1. The molecule has 0 aromatic heterocycles. The van der Waals surface area contributed by atoms with Gasteiger partial charge < -0.3 is 19.3 Å². The predicted molar refractivity (Wildman–Crippen MR) is 59.4 cm³/mol. The monoisotopic (exact) mass is 258 g/mol. The van der Waals surface area contributed by atoms with Crippen molar-refractivity contribution in [1.82, 2.24) is 0 Å². The van der Waals surface area contributed by atoms with Crippen molar-refractivity contribution < 1.29 is 28.9 Å². The van der Waals surface area contributed by atoms with Crippen molar-refractivity contribution in [2.24, 2.45) is 5.41 Å². The molecule has 0 amide bonds. The van der Waals surface area contributed by atoms with E-state index in [0.29, 0.717) is 6.42 Å². The third kappa shape index (κ3) is 2.81. The first-order valence-electron chi connectivity index (χ1n) is 6.07. The fourth-order valence-corrected chi connectivity index (χ4v) is 2.53. The van der Waals surface area contributed by atoms with E-state index in [0.717, 1.165) is 12.8 Å². The molecule has 1 saturated heterocycles. The Hall–Kier alpha value is -1.14. The Labute approximate surface area is 105 Å². The highest BCUT2D eigenvalue weighted by molar-refractivity contribution is 5.66. The number of carbonyl (C=O) groups is 2. The van der Waals surface area contributed by atoms with E-state index in [1.54, 1.807) is 0 Å². The van der Waals surface area contributed by atoms with Gasteiger partial charge in [0.15, 0.2) is 6.29 Å². The smallest absolute Gasteiger partial charge is 0.303 e. The van der Waals surface area contributed by atoms with Crippen LogP contribution in [-0.4, -0.2) is 42.1 Å². The quantitative estimate of drug-likeness (QED) is 0.736. The molecule has 3 atom stereocenters. The summed E-state index contributed by atoms with van der Waals surface area (Å²) in [5, 5.41) is 9.67. The van der Waals surface area contributed by atoms with Crippen LogP contribution < -0.4 is 0 Å². The van der Waals surface area contributed by atoms with Crippen molar-refractivity contribution in [3.8, 4) is 0 Å². The van der Waals surface area contributed by atoms with Gasteiger partial charge in [0.2, 0.25) is 0 Å². The summed E-state index contributed by atoms with van der Waals surface area (Å²) in [6, 6.07) is 0. The summed E-state index contributed by atoms with van der Waals surface area (Å²) < 4.78 is 15.5. The number of aliphatic hydroxyl groups is 1. The maximum absolute atomic E-state index is 11.1. The predicted octanol–water partition coefficient (Wildman–Crippen LogP) is 0.369. The van der Waals surface area contributed by atoms with E-state index in [1.165, 1.54) is 13.8 Å². The van der Waals surface area contributed by atoms with E-state index in [4.69, 9.17) is 14.2 Å². The molecule has 2 fully saturated rings. The summed E-state index contributed by atoms with van der Waals surface area (Å²) in [4.78, 5) is 22.0. The number of carbonyl (C=O) groups excluding carboxylic acids is 2. The van der Waals surface area contributed by atoms with Crippen LogP contribution in [0.25, 0.3) is 0 Å². The molecule has 2 aliphatic rings. The normalized spacial score (nSPS) is 32.9. The Balaban J connectivity index is 2.06. The number of rotatable bonds is 3. The van der Waals surface area contributed by atoms with Crippen molar-refractivity contribution in [1.29, 1.82) is 0 Å². The van der Waals surface area contributed by atoms with Crippen molar-refractivity contribution in [3.05, 3.63) is 0 Å². The maximum atomic E-state index is 11.1. The lowest BCUT2D eigenvalue weighted by Gasteiger charge is -2.39. The van der Waals surface area contributed by atoms with Gasteiger partial charge in [0.05, 0.1) is 0 Å². The van der Waals surface area contributed by atoms with Crippen molar-refractivity contribution in [2.75, 3.05) is 6.61 Å². The molecule has 0 radical (unpaired) electrons. The first-order valence-corrected chi connectivity index (χ1v) is 6.07. The topological polar surface area (TPSA) is 82.1 Å². The molecule has 18 heavy (non-hydrogen) atoms. The van der Waals surface area contributed by atoms with E-state index in [2.05, 4.69) is 0 Å². The summed E-state index contributed by atoms with van der Waals surface area (Å²) in [7, 11) is 0. The third-order valence-electron chi connectivity index (χ3n) is 3.49. The van der Waals surface area contributed by atoms with E-state index >= 15 is 0 Å². The Bertz CT molecular complexity index is 348. The van der Waals surface area contributed by atoms with Gasteiger partial charge in [-0.05, 0) is 12.8 Å². The van der Waals surface area contributed by atoms with Crippen LogP contribution in [0.2, 0.25) is 0 Å². The highest BCUT2D eigenvalue weighted by atomic mass is 16.6. The van der Waals surface area contributed by atoms with E-state index in [-0.39, 0.29) is 18.0 Å². The van der Waals surface area contributed by atoms with Gasteiger partial charge >= 0.3 is 11.9 Å². The number of esters is 2. The molecular formula is C12H18O6. The lowest BCUT2D eigenvalue weighted by molar-refractivity contribution is -0.243. The SMILES string of the molecule is CC(=O)OC[C@H]1OC(O)CC2(CC2)[C@H]1OC(C)=O. The highest BCUT2D eigenvalue weighted by Crippen LogP contribution is 2.57. The minimum absolute atomic E-state index is 0.00785. The van der Waals surface area contributed by atoms with Crippen LogP contribution in [0.1, 0.15) is 33.1 Å². The average molecular weight is 258 g/mol. The second kappa shape index (κ2) is 4.85. The largest absolute Gasteiger partial charge is 0.463 e. The molecule has 0 bridgehead atoms. The molecule has 1 heterocycles. The molecule has 0 aromatic rings. The van der Waals surface area contributed by atoms with Gasteiger partial charge in [-0.25, -0.2) is 0 Å². The van der Waals surface area contributed by atoms with E-state index in [1.807, 2.05) is 0 Å². The minimum Gasteiger partial charge on any atom is -0.463 e. The van der Waals surface area contributed by atoms with Crippen LogP contribution >= 0.6 is 0 Å². The molecule has 6 nitrogen and oxygen atoms in total. The fraction of sp³-hybridized carbons (Fsp3) is 0.833. The second-order valence-corrected chi connectivity index (χ2v) is 5.03. The number of hydrogen-bond acceptors (Lipinski definition) is 6. The molecule has 1 N–H and O–H groups in total. The fourth-order valence-electron chi connectivity index (χ4n) is 2.53. The van der Waals surface area contributed by atoms with Gasteiger partial charge in [-0.15, -0.1) is 0 Å². The first-order chi connectivity index (χ1) is 8.43. The average Bonchev–Trinajstić information content (AvgIpc) is 3.00. The summed E-state index contributed by atoms with van der Waals surface area (Å²) in [5.41, 5.74) is -0.200. The lowest BCUT2D eigenvalue weighted by atomic mass is 9.88. The van der Waals surface area contributed by atoms with Crippen molar-refractivity contribution in [3.63, 3.8) is 0 Å². The third-order valence-corrected chi connectivity index (χ3v) is 3.49. The van der Waals surface area contributed by atoms with Crippen LogP contribution in [0.15, 0.2) is 0 Å². The van der Waals surface area contributed by atoms with Crippen LogP contribution in [0.3, 0.4) is 0 Å². The van der Waals surface area contributed by atoms with Crippen molar-refractivity contribution >= 4 is 11.9 Å². The first kappa shape index (κ1) is 13.3. The van der Waals surface area contributed by atoms with Gasteiger partial charge in [-0.3, -0.25) is 9.59 Å². The molecule has 6 heteroatoms. The second-order valence-electron chi connectivity index (χ2n) is 5.03. The molecular weight excluding hydrogens is 240 g/mol. The number of aliphatic hydroxyl groups excluding tert-OH is 1. The minimum atomic E-state index is -0.889. The van der Waals surface area contributed by atoms with Gasteiger partial charge in [-0.1, -0.05) is 0 Å². The maximum Gasteiger partial charge on any atom is 0.303 e. The van der Waals surface area contributed by atoms with Crippen LogP contribution in [-0.2, 0) is 23.8 Å². The van der Waals surface area contributed by atoms with E-state index < -0.39 is 24.5 Å². The standard InChI is InChI=1S/C12H18O6/c1-7(13)16-6-9-11(17-8(2)14)12(3-4-12)5-10(15)18-9/h9-11,15H,3-6H2,1-2H3/t9-,10?,11+/m1/s1. The Morgan fingerprint density at radius 1 is 1.33 bits per heavy atom. The summed E-state index contributed by atoms with van der Waals surface area (Å²) in [6.45, 7) is 2.63. The summed E-state index contributed by atoms with van der Waals surface area (Å²) in [5.74, 6) is -0.816. The van der Waals surface area contributed by atoms with Crippen molar-refractivity contribution in [2.45, 2.75) is 51.6 Å².